The standard InChI is InChI=1S/C13H18ClNO4/c1-9(7-18-2)15-13(17)8-19-12-4-3-10(6-16)5-11(12)14/h3-5,9,16H,6-8H2,1-2H3,(H,15,17). The molecule has 0 bridgehead atoms. The van der Waals surface area contributed by atoms with Crippen molar-refractivity contribution in [2.75, 3.05) is 20.3 Å². The van der Waals surface area contributed by atoms with Crippen LogP contribution in [0.3, 0.4) is 0 Å². The molecule has 0 fully saturated rings. The van der Waals surface area contributed by atoms with Gasteiger partial charge in [0.25, 0.3) is 5.91 Å². The Morgan fingerprint density at radius 1 is 1.53 bits per heavy atom. The van der Waals surface area contributed by atoms with Crippen molar-refractivity contribution in [2.45, 2.75) is 19.6 Å². The quantitative estimate of drug-likeness (QED) is 0.795. The fraction of sp³-hybridized carbons (Fsp3) is 0.462. The maximum atomic E-state index is 11.6. The molecular formula is C13H18ClNO4. The van der Waals surface area contributed by atoms with E-state index in [0.717, 1.165) is 0 Å². The van der Waals surface area contributed by atoms with Crippen molar-refractivity contribution in [3.05, 3.63) is 28.8 Å². The molecule has 0 aromatic heterocycles. The highest BCUT2D eigenvalue weighted by Gasteiger charge is 2.09. The third-order valence-electron chi connectivity index (χ3n) is 2.36. The lowest BCUT2D eigenvalue weighted by molar-refractivity contribution is -0.124. The van der Waals surface area contributed by atoms with Crippen LogP contribution in [0.2, 0.25) is 5.02 Å². The van der Waals surface area contributed by atoms with Gasteiger partial charge in [0.2, 0.25) is 0 Å². The van der Waals surface area contributed by atoms with Crippen LogP contribution in [0.4, 0.5) is 0 Å². The van der Waals surface area contributed by atoms with Gasteiger partial charge in [-0.15, -0.1) is 0 Å². The average Bonchev–Trinajstić information content (AvgIpc) is 2.37. The number of rotatable bonds is 7. The molecule has 1 rings (SSSR count). The van der Waals surface area contributed by atoms with Gasteiger partial charge in [0.1, 0.15) is 5.75 Å². The van der Waals surface area contributed by atoms with Crippen LogP contribution in [0.1, 0.15) is 12.5 Å². The second-order valence-electron chi connectivity index (χ2n) is 4.14. The van der Waals surface area contributed by atoms with Crippen LogP contribution >= 0.6 is 11.6 Å². The summed E-state index contributed by atoms with van der Waals surface area (Å²) >= 11 is 5.96. The maximum absolute atomic E-state index is 11.6. The van der Waals surface area contributed by atoms with Crippen molar-refractivity contribution in [1.82, 2.24) is 5.32 Å². The Hall–Kier alpha value is -1.30. The number of halogens is 1. The normalized spacial score (nSPS) is 12.0. The minimum absolute atomic E-state index is 0.0756. The number of hydrogen-bond donors (Lipinski definition) is 2. The number of amides is 1. The predicted octanol–water partition coefficient (Wildman–Crippen LogP) is 1.36. The van der Waals surface area contributed by atoms with Crippen LogP contribution < -0.4 is 10.1 Å². The molecule has 0 aliphatic carbocycles. The van der Waals surface area contributed by atoms with E-state index in [-0.39, 0.29) is 25.2 Å². The molecule has 106 valence electrons. The highest BCUT2D eigenvalue weighted by molar-refractivity contribution is 6.32. The van der Waals surface area contributed by atoms with Crippen molar-refractivity contribution in [2.24, 2.45) is 0 Å². The Balaban J connectivity index is 2.46. The molecule has 6 heteroatoms. The fourth-order valence-corrected chi connectivity index (χ4v) is 1.77. The van der Waals surface area contributed by atoms with Crippen LogP contribution in [0.15, 0.2) is 18.2 Å². The maximum Gasteiger partial charge on any atom is 0.258 e. The highest BCUT2D eigenvalue weighted by atomic mass is 35.5. The monoisotopic (exact) mass is 287 g/mol. The molecular weight excluding hydrogens is 270 g/mol. The average molecular weight is 288 g/mol. The lowest BCUT2D eigenvalue weighted by Gasteiger charge is -2.13. The van der Waals surface area contributed by atoms with Crippen LogP contribution in [0.5, 0.6) is 5.75 Å². The minimum Gasteiger partial charge on any atom is -0.482 e. The molecule has 2 N–H and O–H groups in total. The summed E-state index contributed by atoms with van der Waals surface area (Å²) in [5.74, 6) is 0.167. The summed E-state index contributed by atoms with van der Waals surface area (Å²) in [6.45, 7) is 2.07. The van der Waals surface area contributed by atoms with E-state index < -0.39 is 0 Å². The summed E-state index contributed by atoms with van der Waals surface area (Å²) in [4.78, 5) is 11.6. The molecule has 0 heterocycles. The lowest BCUT2D eigenvalue weighted by Crippen LogP contribution is -2.38. The second-order valence-corrected chi connectivity index (χ2v) is 4.54. The number of nitrogens with one attached hydrogen (secondary N) is 1. The Morgan fingerprint density at radius 3 is 2.84 bits per heavy atom. The SMILES string of the molecule is COCC(C)NC(=O)COc1ccc(CO)cc1Cl. The zero-order valence-electron chi connectivity index (χ0n) is 11.0. The number of aliphatic hydroxyl groups is 1. The first-order chi connectivity index (χ1) is 9.06. The lowest BCUT2D eigenvalue weighted by atomic mass is 10.2. The van der Waals surface area contributed by atoms with Crippen molar-refractivity contribution in [3.8, 4) is 5.75 Å². The summed E-state index contributed by atoms with van der Waals surface area (Å²) in [5.41, 5.74) is 0.690. The number of ether oxygens (including phenoxy) is 2. The van der Waals surface area contributed by atoms with Gasteiger partial charge >= 0.3 is 0 Å². The van der Waals surface area contributed by atoms with Gasteiger partial charge in [-0.05, 0) is 24.6 Å². The third kappa shape index (κ3) is 5.46. The zero-order valence-corrected chi connectivity index (χ0v) is 11.7. The molecule has 19 heavy (non-hydrogen) atoms. The summed E-state index contributed by atoms with van der Waals surface area (Å²) < 4.78 is 10.2. The van der Waals surface area contributed by atoms with Crippen LogP contribution in [0, 0.1) is 0 Å². The van der Waals surface area contributed by atoms with Gasteiger partial charge in [-0.2, -0.15) is 0 Å². The van der Waals surface area contributed by atoms with Crippen LogP contribution in [-0.2, 0) is 16.1 Å². The number of benzene rings is 1. The van der Waals surface area contributed by atoms with Gasteiger partial charge in [0.05, 0.1) is 18.2 Å². The molecule has 1 atom stereocenters. The summed E-state index contributed by atoms with van der Waals surface area (Å²) in [6.07, 6.45) is 0. The number of carbonyl (C=O) groups is 1. The molecule has 0 saturated carbocycles. The first-order valence-electron chi connectivity index (χ1n) is 5.87. The van der Waals surface area contributed by atoms with Crippen molar-refractivity contribution in [1.29, 1.82) is 0 Å². The number of carbonyl (C=O) groups excluding carboxylic acids is 1. The Kier molecular flexibility index (Phi) is 6.62. The van der Waals surface area contributed by atoms with E-state index in [0.29, 0.717) is 22.9 Å². The van der Waals surface area contributed by atoms with E-state index in [9.17, 15) is 4.79 Å². The highest BCUT2D eigenvalue weighted by Crippen LogP contribution is 2.25. The molecule has 0 spiro atoms. The van der Waals surface area contributed by atoms with Gasteiger partial charge < -0.3 is 19.9 Å². The molecule has 1 unspecified atom stereocenters. The zero-order chi connectivity index (χ0) is 14.3. The molecule has 0 saturated heterocycles. The Morgan fingerprint density at radius 2 is 2.26 bits per heavy atom. The summed E-state index contributed by atoms with van der Waals surface area (Å²) in [5, 5.41) is 12.0. The van der Waals surface area contributed by atoms with Crippen LogP contribution in [-0.4, -0.2) is 37.4 Å². The van der Waals surface area contributed by atoms with E-state index in [1.807, 2.05) is 6.92 Å². The molecule has 0 aliphatic rings. The topological polar surface area (TPSA) is 67.8 Å². The van der Waals surface area contributed by atoms with E-state index in [1.54, 1.807) is 25.3 Å². The predicted molar refractivity (Wildman–Crippen MR) is 72.4 cm³/mol. The molecule has 1 aromatic carbocycles. The van der Waals surface area contributed by atoms with Gasteiger partial charge in [-0.3, -0.25) is 4.79 Å². The molecule has 0 aliphatic heterocycles. The van der Waals surface area contributed by atoms with E-state index in [1.165, 1.54) is 0 Å². The Bertz CT molecular complexity index is 425. The minimum atomic E-state index is -0.244. The smallest absolute Gasteiger partial charge is 0.258 e. The Labute approximate surface area is 117 Å². The first kappa shape index (κ1) is 15.8. The molecule has 1 amide bonds. The van der Waals surface area contributed by atoms with Gasteiger partial charge in [0.15, 0.2) is 6.61 Å². The fourth-order valence-electron chi connectivity index (χ4n) is 1.51. The van der Waals surface area contributed by atoms with Crippen molar-refractivity contribution in [3.63, 3.8) is 0 Å². The van der Waals surface area contributed by atoms with Crippen LogP contribution in [0.25, 0.3) is 0 Å². The van der Waals surface area contributed by atoms with Gasteiger partial charge in [-0.1, -0.05) is 17.7 Å². The number of methoxy groups -OCH3 is 1. The molecule has 0 radical (unpaired) electrons. The largest absolute Gasteiger partial charge is 0.482 e. The van der Waals surface area contributed by atoms with Crippen molar-refractivity contribution >= 4 is 17.5 Å². The van der Waals surface area contributed by atoms with Crippen molar-refractivity contribution < 1.29 is 19.4 Å². The second kappa shape index (κ2) is 7.99. The van der Waals surface area contributed by atoms with E-state index in [2.05, 4.69) is 5.32 Å². The third-order valence-corrected chi connectivity index (χ3v) is 2.66. The molecule has 1 aromatic rings. The van der Waals surface area contributed by atoms with E-state index in [4.69, 9.17) is 26.2 Å². The van der Waals surface area contributed by atoms with E-state index >= 15 is 0 Å². The number of aliphatic hydroxyl groups excluding tert-OH is 1. The first-order valence-corrected chi connectivity index (χ1v) is 6.25. The van der Waals surface area contributed by atoms with Gasteiger partial charge in [0, 0.05) is 13.2 Å². The molecule has 5 nitrogen and oxygen atoms in total. The summed E-state index contributed by atoms with van der Waals surface area (Å²) in [7, 11) is 1.57. The number of hydrogen-bond acceptors (Lipinski definition) is 4. The summed E-state index contributed by atoms with van der Waals surface area (Å²) in [6, 6.07) is 4.84. The van der Waals surface area contributed by atoms with Gasteiger partial charge in [-0.25, -0.2) is 0 Å².